The molecule has 1 amide bonds. The highest BCUT2D eigenvalue weighted by atomic mass is 16.6. The second-order valence-electron chi connectivity index (χ2n) is 8.30. The molecule has 1 N–H and O–H groups in total. The van der Waals surface area contributed by atoms with Crippen molar-refractivity contribution in [3.05, 3.63) is 52.6 Å². The van der Waals surface area contributed by atoms with Crippen LogP contribution in [0.15, 0.2) is 41.5 Å². The zero-order valence-electron chi connectivity index (χ0n) is 16.7. The fraction of sp³-hybridized carbons (Fsp3) is 0.364. The Morgan fingerprint density at radius 2 is 2.00 bits per heavy atom. The zero-order chi connectivity index (χ0) is 20.1. The Bertz CT molecular complexity index is 1120. The van der Waals surface area contributed by atoms with E-state index in [2.05, 4.69) is 17.1 Å². The van der Waals surface area contributed by atoms with Crippen LogP contribution in [0.2, 0.25) is 0 Å². The molecule has 0 fully saturated rings. The summed E-state index contributed by atoms with van der Waals surface area (Å²) in [5.41, 5.74) is 3.93. The maximum Gasteiger partial charge on any atom is 0.414 e. The molecule has 0 saturated heterocycles. The number of nitrogens with zero attached hydrogens (tertiary/aromatic N) is 2. The highest BCUT2D eigenvalue weighted by Crippen LogP contribution is 2.35. The molecule has 146 valence electrons. The van der Waals surface area contributed by atoms with E-state index in [0.29, 0.717) is 12.1 Å². The monoisotopic (exact) mass is 379 g/mol. The number of fused-ring (bicyclic) bond motifs is 2. The van der Waals surface area contributed by atoms with E-state index < -0.39 is 5.60 Å². The minimum absolute atomic E-state index is 0.0582. The van der Waals surface area contributed by atoms with E-state index in [1.807, 2.05) is 39.1 Å². The molecule has 1 aliphatic heterocycles. The molecule has 0 bridgehead atoms. The first-order valence-corrected chi connectivity index (χ1v) is 9.55. The van der Waals surface area contributed by atoms with Crippen molar-refractivity contribution < 1.29 is 9.53 Å². The minimum atomic E-state index is -0.540. The number of benzene rings is 1. The lowest BCUT2D eigenvalue weighted by atomic mass is 9.96. The molecule has 4 rings (SSSR count). The molecule has 6 nitrogen and oxygen atoms in total. The molecule has 2 aromatic heterocycles. The van der Waals surface area contributed by atoms with Crippen LogP contribution in [0, 0.1) is 0 Å². The van der Waals surface area contributed by atoms with Gasteiger partial charge in [0.2, 0.25) is 0 Å². The SMILES string of the molecule is Cn1cc(-c2ccc3c(c2)N(C(=O)OC(C)(C)C)CCC3)c2cc[nH]c2c1=O. The van der Waals surface area contributed by atoms with Crippen LogP contribution < -0.4 is 10.5 Å². The number of hydrogen-bond donors (Lipinski definition) is 1. The summed E-state index contributed by atoms with van der Waals surface area (Å²) in [6.07, 6.45) is 5.15. The van der Waals surface area contributed by atoms with Gasteiger partial charge in [0.25, 0.3) is 5.56 Å². The smallest absolute Gasteiger partial charge is 0.414 e. The van der Waals surface area contributed by atoms with Crippen molar-refractivity contribution >= 4 is 22.7 Å². The molecular weight excluding hydrogens is 354 g/mol. The van der Waals surface area contributed by atoms with Crippen molar-refractivity contribution in [1.29, 1.82) is 0 Å². The number of aromatic nitrogens is 2. The number of amides is 1. The predicted octanol–water partition coefficient (Wildman–Crippen LogP) is 4.22. The van der Waals surface area contributed by atoms with Crippen LogP contribution in [0.1, 0.15) is 32.8 Å². The molecule has 1 aromatic carbocycles. The van der Waals surface area contributed by atoms with E-state index in [1.165, 1.54) is 0 Å². The highest BCUT2D eigenvalue weighted by molar-refractivity contribution is 5.96. The maximum atomic E-state index is 12.7. The fourth-order valence-electron chi connectivity index (χ4n) is 3.75. The quantitative estimate of drug-likeness (QED) is 0.688. The molecule has 3 heterocycles. The fourth-order valence-corrected chi connectivity index (χ4v) is 3.75. The van der Waals surface area contributed by atoms with Crippen LogP contribution in [0.3, 0.4) is 0 Å². The number of aromatic amines is 1. The molecule has 0 spiro atoms. The largest absolute Gasteiger partial charge is 0.443 e. The Hall–Kier alpha value is -3.02. The first-order chi connectivity index (χ1) is 13.2. The van der Waals surface area contributed by atoms with Crippen LogP contribution in [0.25, 0.3) is 22.0 Å². The summed E-state index contributed by atoms with van der Waals surface area (Å²) in [7, 11) is 1.75. The molecule has 3 aromatic rings. The Morgan fingerprint density at radius 3 is 2.75 bits per heavy atom. The second kappa shape index (κ2) is 6.55. The van der Waals surface area contributed by atoms with Gasteiger partial charge >= 0.3 is 6.09 Å². The summed E-state index contributed by atoms with van der Waals surface area (Å²) in [4.78, 5) is 29.9. The van der Waals surface area contributed by atoms with Gasteiger partial charge in [-0.3, -0.25) is 9.69 Å². The third-order valence-corrected chi connectivity index (χ3v) is 5.02. The molecule has 0 radical (unpaired) electrons. The van der Waals surface area contributed by atoms with Crippen LogP contribution in [-0.2, 0) is 18.2 Å². The molecular formula is C22H25N3O3. The summed E-state index contributed by atoms with van der Waals surface area (Å²) < 4.78 is 7.19. The van der Waals surface area contributed by atoms with Gasteiger partial charge in [0.15, 0.2) is 0 Å². The van der Waals surface area contributed by atoms with Crippen molar-refractivity contribution in [3.63, 3.8) is 0 Å². The molecule has 0 aliphatic carbocycles. The van der Waals surface area contributed by atoms with E-state index >= 15 is 0 Å². The summed E-state index contributed by atoms with van der Waals surface area (Å²) >= 11 is 0. The first kappa shape index (κ1) is 18.3. The lowest BCUT2D eigenvalue weighted by molar-refractivity contribution is 0.0578. The molecule has 0 atom stereocenters. The van der Waals surface area contributed by atoms with Crippen LogP contribution in [0.5, 0.6) is 0 Å². The zero-order valence-corrected chi connectivity index (χ0v) is 16.7. The van der Waals surface area contributed by atoms with Gasteiger partial charge in [-0.25, -0.2) is 4.79 Å². The number of nitrogens with one attached hydrogen (secondary N) is 1. The number of pyridine rings is 1. The molecule has 28 heavy (non-hydrogen) atoms. The number of anilines is 1. The van der Waals surface area contributed by atoms with Crippen LogP contribution in [-0.4, -0.2) is 27.8 Å². The average molecular weight is 379 g/mol. The number of carbonyl (C=O) groups is 1. The highest BCUT2D eigenvalue weighted by Gasteiger charge is 2.27. The third-order valence-electron chi connectivity index (χ3n) is 5.02. The van der Waals surface area contributed by atoms with Gasteiger partial charge in [-0.15, -0.1) is 0 Å². The first-order valence-electron chi connectivity index (χ1n) is 9.55. The van der Waals surface area contributed by atoms with Crippen LogP contribution >= 0.6 is 0 Å². The summed E-state index contributed by atoms with van der Waals surface area (Å²) in [6, 6.07) is 8.08. The van der Waals surface area contributed by atoms with Gasteiger partial charge < -0.3 is 14.3 Å². The topological polar surface area (TPSA) is 67.3 Å². The van der Waals surface area contributed by atoms with E-state index in [0.717, 1.165) is 40.6 Å². The Morgan fingerprint density at radius 1 is 1.21 bits per heavy atom. The molecule has 6 heteroatoms. The van der Waals surface area contributed by atoms with Crippen molar-refractivity contribution in [1.82, 2.24) is 9.55 Å². The molecule has 0 saturated carbocycles. The van der Waals surface area contributed by atoms with Gasteiger partial charge in [-0.2, -0.15) is 0 Å². The van der Waals surface area contributed by atoms with E-state index in [9.17, 15) is 9.59 Å². The predicted molar refractivity (Wildman–Crippen MR) is 111 cm³/mol. The standard InChI is InChI=1S/C22H25N3O3/c1-22(2,3)28-21(27)25-11-5-6-14-7-8-15(12-18(14)25)17-13-24(4)20(26)19-16(17)9-10-23-19/h7-10,12-13,23H,5-6,11H2,1-4H3. The van der Waals surface area contributed by atoms with Gasteiger partial charge in [-0.1, -0.05) is 12.1 Å². The van der Waals surface area contributed by atoms with Crippen molar-refractivity contribution in [2.24, 2.45) is 7.05 Å². The summed E-state index contributed by atoms with van der Waals surface area (Å²) in [6.45, 7) is 6.26. The van der Waals surface area contributed by atoms with Gasteiger partial charge in [0.1, 0.15) is 11.1 Å². The Balaban J connectivity index is 1.82. The summed E-state index contributed by atoms with van der Waals surface area (Å²) in [5.74, 6) is 0. The van der Waals surface area contributed by atoms with Gasteiger partial charge in [0, 0.05) is 36.9 Å². The van der Waals surface area contributed by atoms with E-state index in [1.54, 1.807) is 22.7 Å². The number of aryl methyl sites for hydroxylation is 2. The number of ether oxygens (including phenoxy) is 1. The molecule has 0 unspecified atom stereocenters. The van der Waals surface area contributed by atoms with Gasteiger partial charge in [-0.05, 0) is 56.9 Å². The normalized spacial score (nSPS) is 14.2. The lowest BCUT2D eigenvalue weighted by Gasteiger charge is -2.32. The van der Waals surface area contributed by atoms with Crippen molar-refractivity contribution in [2.75, 3.05) is 11.4 Å². The maximum absolute atomic E-state index is 12.7. The van der Waals surface area contributed by atoms with E-state index in [-0.39, 0.29) is 11.7 Å². The number of H-pyrrole nitrogens is 1. The number of carbonyl (C=O) groups excluding carboxylic acids is 1. The summed E-state index contributed by atoms with van der Waals surface area (Å²) in [5, 5.41) is 0.877. The Labute approximate surface area is 163 Å². The van der Waals surface area contributed by atoms with Crippen molar-refractivity contribution in [3.8, 4) is 11.1 Å². The van der Waals surface area contributed by atoms with E-state index in [4.69, 9.17) is 4.74 Å². The van der Waals surface area contributed by atoms with Crippen molar-refractivity contribution in [2.45, 2.75) is 39.2 Å². The average Bonchev–Trinajstić information content (AvgIpc) is 3.12. The number of hydrogen-bond acceptors (Lipinski definition) is 3. The molecule has 1 aliphatic rings. The Kier molecular flexibility index (Phi) is 4.29. The lowest BCUT2D eigenvalue weighted by Crippen LogP contribution is -2.39. The second-order valence-corrected chi connectivity index (χ2v) is 8.30. The van der Waals surface area contributed by atoms with Gasteiger partial charge in [0.05, 0.1) is 5.69 Å². The third kappa shape index (κ3) is 3.19. The minimum Gasteiger partial charge on any atom is -0.443 e. The number of rotatable bonds is 1. The van der Waals surface area contributed by atoms with Crippen LogP contribution in [0.4, 0.5) is 10.5 Å².